The molecule has 1 saturated carbocycles. The Kier molecular flexibility index (Phi) is 5.57. The molecular formula is C22H25N3O2. The Morgan fingerprint density at radius 1 is 1.26 bits per heavy atom. The molecule has 3 rings (SSSR count). The third kappa shape index (κ3) is 4.01. The Hall–Kier alpha value is -2.71. The van der Waals surface area contributed by atoms with Crippen LogP contribution in [0, 0.1) is 25.2 Å². The highest BCUT2D eigenvalue weighted by Gasteiger charge is 2.35. The van der Waals surface area contributed by atoms with Gasteiger partial charge in [-0.05, 0) is 50.5 Å². The van der Waals surface area contributed by atoms with E-state index in [1.54, 1.807) is 7.11 Å². The van der Waals surface area contributed by atoms with Crippen LogP contribution in [0.1, 0.15) is 52.9 Å². The zero-order chi connectivity index (χ0) is 19.4. The van der Waals surface area contributed by atoms with Crippen LogP contribution in [-0.2, 0) is 4.74 Å². The number of rotatable bonds is 5. The van der Waals surface area contributed by atoms with Gasteiger partial charge in [0.25, 0.3) is 5.91 Å². The maximum Gasteiger partial charge on any atom is 0.251 e. The van der Waals surface area contributed by atoms with Crippen LogP contribution in [-0.4, -0.2) is 30.1 Å². The molecule has 0 saturated heterocycles. The van der Waals surface area contributed by atoms with Crippen LogP contribution < -0.4 is 5.32 Å². The molecular weight excluding hydrogens is 338 g/mol. The first-order valence-corrected chi connectivity index (χ1v) is 9.28. The van der Waals surface area contributed by atoms with E-state index in [0.717, 1.165) is 48.2 Å². The van der Waals surface area contributed by atoms with Crippen LogP contribution in [0.3, 0.4) is 0 Å². The van der Waals surface area contributed by atoms with Gasteiger partial charge in [0.1, 0.15) is 6.07 Å². The highest BCUT2D eigenvalue weighted by molar-refractivity contribution is 5.95. The molecule has 1 fully saturated rings. The summed E-state index contributed by atoms with van der Waals surface area (Å²) in [4.78, 5) is 17.2. The Morgan fingerprint density at radius 3 is 2.48 bits per heavy atom. The molecule has 0 atom stereocenters. The molecule has 5 heteroatoms. The van der Waals surface area contributed by atoms with E-state index < -0.39 is 0 Å². The Bertz CT molecular complexity index is 852. The highest BCUT2D eigenvalue weighted by atomic mass is 16.5. The van der Waals surface area contributed by atoms with Gasteiger partial charge in [-0.2, -0.15) is 5.26 Å². The second-order valence-electron chi connectivity index (χ2n) is 7.35. The molecule has 0 aliphatic heterocycles. The third-order valence-corrected chi connectivity index (χ3v) is 5.31. The molecule has 0 spiro atoms. The van der Waals surface area contributed by atoms with Gasteiger partial charge in [-0.25, -0.2) is 0 Å². The van der Waals surface area contributed by atoms with Crippen LogP contribution in [0.15, 0.2) is 30.3 Å². The summed E-state index contributed by atoms with van der Waals surface area (Å²) < 4.78 is 5.34. The molecule has 0 unspecified atom stereocenters. The van der Waals surface area contributed by atoms with Crippen molar-refractivity contribution in [3.63, 3.8) is 0 Å². The number of ether oxygens (including phenoxy) is 1. The largest absolute Gasteiger partial charge is 0.382 e. The van der Waals surface area contributed by atoms with Crippen molar-refractivity contribution < 1.29 is 9.53 Å². The van der Waals surface area contributed by atoms with E-state index in [0.29, 0.717) is 17.7 Å². The average molecular weight is 363 g/mol. The lowest BCUT2D eigenvalue weighted by molar-refractivity contribution is 0.0767. The second-order valence-corrected chi connectivity index (χ2v) is 7.35. The number of aromatic nitrogens is 1. The van der Waals surface area contributed by atoms with Gasteiger partial charge in [0, 0.05) is 18.2 Å². The number of benzene rings is 1. The predicted molar refractivity (Wildman–Crippen MR) is 104 cm³/mol. The SMILES string of the molecule is COCC1(NC(=O)c2ccc(-c3cc(C)c(C#N)c(C)n3)cc2)CCCC1. The van der Waals surface area contributed by atoms with Gasteiger partial charge in [0.2, 0.25) is 0 Å². The van der Waals surface area contributed by atoms with Crippen molar-refractivity contribution in [3.8, 4) is 17.3 Å². The molecule has 1 amide bonds. The number of methoxy groups -OCH3 is 1. The smallest absolute Gasteiger partial charge is 0.251 e. The van der Waals surface area contributed by atoms with Gasteiger partial charge < -0.3 is 10.1 Å². The van der Waals surface area contributed by atoms with Gasteiger partial charge in [-0.15, -0.1) is 0 Å². The molecule has 1 heterocycles. The Morgan fingerprint density at radius 2 is 1.93 bits per heavy atom. The molecule has 1 aliphatic carbocycles. The lowest BCUT2D eigenvalue weighted by atomic mass is 9.97. The van der Waals surface area contributed by atoms with Crippen LogP contribution in [0.25, 0.3) is 11.3 Å². The van der Waals surface area contributed by atoms with Crippen molar-refractivity contribution in [2.24, 2.45) is 0 Å². The van der Waals surface area contributed by atoms with E-state index in [4.69, 9.17) is 4.74 Å². The maximum atomic E-state index is 12.7. The molecule has 140 valence electrons. The van der Waals surface area contributed by atoms with Gasteiger partial charge >= 0.3 is 0 Å². The summed E-state index contributed by atoms with van der Waals surface area (Å²) >= 11 is 0. The number of amides is 1. The number of nitrogens with one attached hydrogen (secondary N) is 1. The Labute approximate surface area is 160 Å². The topological polar surface area (TPSA) is 75.0 Å². The molecule has 0 bridgehead atoms. The number of pyridine rings is 1. The second kappa shape index (κ2) is 7.89. The fourth-order valence-electron chi connectivity index (χ4n) is 3.89. The number of carbonyl (C=O) groups is 1. The van der Waals surface area contributed by atoms with E-state index in [1.165, 1.54) is 0 Å². The summed E-state index contributed by atoms with van der Waals surface area (Å²) in [6.45, 7) is 4.30. The first-order chi connectivity index (χ1) is 13.0. The van der Waals surface area contributed by atoms with Crippen LogP contribution in [0.5, 0.6) is 0 Å². The zero-order valence-electron chi connectivity index (χ0n) is 16.1. The fraction of sp³-hybridized carbons (Fsp3) is 0.409. The zero-order valence-corrected chi connectivity index (χ0v) is 16.1. The third-order valence-electron chi connectivity index (χ3n) is 5.31. The molecule has 1 aliphatic rings. The van der Waals surface area contributed by atoms with Crippen molar-refractivity contribution in [3.05, 3.63) is 52.7 Å². The first-order valence-electron chi connectivity index (χ1n) is 9.28. The number of hydrogen-bond acceptors (Lipinski definition) is 4. The summed E-state index contributed by atoms with van der Waals surface area (Å²) in [6.07, 6.45) is 4.15. The first kappa shape index (κ1) is 19.1. The van der Waals surface area contributed by atoms with Crippen LogP contribution in [0.2, 0.25) is 0 Å². The summed E-state index contributed by atoms with van der Waals surface area (Å²) in [6, 6.07) is 11.6. The van der Waals surface area contributed by atoms with E-state index >= 15 is 0 Å². The van der Waals surface area contributed by atoms with Crippen molar-refractivity contribution in [1.29, 1.82) is 5.26 Å². The molecule has 2 aromatic rings. The predicted octanol–water partition coefficient (Wildman–Crippen LogP) is 3.93. The minimum atomic E-state index is -0.243. The minimum Gasteiger partial charge on any atom is -0.382 e. The lowest BCUT2D eigenvalue weighted by Crippen LogP contribution is -2.49. The molecule has 27 heavy (non-hydrogen) atoms. The molecule has 1 aromatic carbocycles. The summed E-state index contributed by atoms with van der Waals surface area (Å²) in [7, 11) is 1.68. The van der Waals surface area contributed by atoms with Crippen molar-refractivity contribution in [2.45, 2.75) is 45.1 Å². The van der Waals surface area contributed by atoms with Crippen LogP contribution in [0.4, 0.5) is 0 Å². The van der Waals surface area contributed by atoms with Gasteiger partial charge in [-0.1, -0.05) is 25.0 Å². The minimum absolute atomic E-state index is 0.0688. The van der Waals surface area contributed by atoms with E-state index in [-0.39, 0.29) is 11.4 Å². The standard InChI is InChI=1S/C22H25N3O2/c1-15-12-20(24-16(2)19(15)13-23)17-6-8-18(9-7-17)21(26)25-22(14-27-3)10-4-5-11-22/h6-9,12H,4-5,10-11,14H2,1-3H3,(H,25,26). The van der Waals surface area contributed by atoms with E-state index in [1.807, 2.05) is 44.2 Å². The lowest BCUT2D eigenvalue weighted by Gasteiger charge is -2.29. The average Bonchev–Trinajstić information content (AvgIpc) is 3.10. The normalized spacial score (nSPS) is 15.3. The fourth-order valence-corrected chi connectivity index (χ4v) is 3.89. The number of aryl methyl sites for hydroxylation is 2. The highest BCUT2D eigenvalue weighted by Crippen LogP contribution is 2.30. The monoisotopic (exact) mass is 363 g/mol. The number of nitrogens with zero attached hydrogens (tertiary/aromatic N) is 2. The molecule has 5 nitrogen and oxygen atoms in total. The van der Waals surface area contributed by atoms with Crippen molar-refractivity contribution >= 4 is 5.91 Å². The molecule has 0 radical (unpaired) electrons. The molecule has 1 aromatic heterocycles. The Balaban J connectivity index is 1.79. The van der Waals surface area contributed by atoms with Crippen molar-refractivity contribution in [2.75, 3.05) is 13.7 Å². The summed E-state index contributed by atoms with van der Waals surface area (Å²) in [5, 5.41) is 12.4. The van der Waals surface area contributed by atoms with Crippen LogP contribution >= 0.6 is 0 Å². The molecule has 1 N–H and O–H groups in total. The van der Waals surface area contributed by atoms with Gasteiger partial charge in [0.15, 0.2) is 0 Å². The van der Waals surface area contributed by atoms with E-state index in [9.17, 15) is 10.1 Å². The number of hydrogen-bond donors (Lipinski definition) is 1. The van der Waals surface area contributed by atoms with E-state index in [2.05, 4.69) is 16.4 Å². The van der Waals surface area contributed by atoms with Gasteiger partial charge in [0.05, 0.1) is 29.1 Å². The summed E-state index contributed by atoms with van der Waals surface area (Å²) in [5.74, 6) is -0.0688. The number of carbonyl (C=O) groups excluding carboxylic acids is 1. The van der Waals surface area contributed by atoms with Gasteiger partial charge in [-0.3, -0.25) is 9.78 Å². The maximum absolute atomic E-state index is 12.7. The van der Waals surface area contributed by atoms with Crippen molar-refractivity contribution in [1.82, 2.24) is 10.3 Å². The quantitative estimate of drug-likeness (QED) is 0.873. The summed E-state index contributed by atoms with van der Waals surface area (Å²) in [5.41, 5.74) is 4.37. The number of nitriles is 1.